The molecule has 27 heavy (non-hydrogen) atoms. The Hall–Kier alpha value is -2.70. The number of fused-ring (bicyclic) bond motifs is 4. The Bertz CT molecular complexity index is 847. The van der Waals surface area contributed by atoms with Crippen LogP contribution in [0, 0.1) is 12.8 Å². The van der Waals surface area contributed by atoms with E-state index in [0.29, 0.717) is 25.3 Å². The second-order valence-electron chi connectivity index (χ2n) is 7.41. The van der Waals surface area contributed by atoms with Crippen molar-refractivity contribution < 1.29 is 9.59 Å². The van der Waals surface area contributed by atoms with Gasteiger partial charge in [-0.15, -0.1) is 0 Å². The van der Waals surface area contributed by atoms with Gasteiger partial charge in [0, 0.05) is 37.6 Å². The van der Waals surface area contributed by atoms with Crippen molar-refractivity contribution in [1.29, 1.82) is 0 Å². The third-order valence-electron chi connectivity index (χ3n) is 5.64. The number of hydrogen-bond acceptors (Lipinski definition) is 4. The van der Waals surface area contributed by atoms with Crippen LogP contribution in [0.2, 0.25) is 0 Å². The summed E-state index contributed by atoms with van der Waals surface area (Å²) in [6.45, 7) is 6.25. The molecule has 142 valence electrons. The van der Waals surface area contributed by atoms with Gasteiger partial charge < -0.3 is 9.80 Å². The first-order valence-electron chi connectivity index (χ1n) is 9.61. The molecule has 7 heteroatoms. The molecule has 2 atom stereocenters. The monoisotopic (exact) mass is 367 g/mol. The van der Waals surface area contributed by atoms with Crippen LogP contribution in [0.3, 0.4) is 0 Å². The van der Waals surface area contributed by atoms with E-state index in [1.54, 1.807) is 6.20 Å². The first kappa shape index (κ1) is 17.7. The zero-order chi connectivity index (χ0) is 19.0. The minimum absolute atomic E-state index is 0.0385. The van der Waals surface area contributed by atoms with E-state index in [1.807, 2.05) is 52.6 Å². The zero-order valence-corrected chi connectivity index (χ0v) is 15.8. The van der Waals surface area contributed by atoms with E-state index in [9.17, 15) is 9.59 Å². The molecule has 0 spiro atoms. The molecule has 2 amide bonds. The van der Waals surface area contributed by atoms with Crippen LogP contribution in [-0.2, 0) is 17.9 Å². The average molecular weight is 367 g/mol. The number of nitrogens with zero attached hydrogens (tertiary/aromatic N) is 5. The van der Waals surface area contributed by atoms with Crippen molar-refractivity contribution in [2.24, 2.45) is 5.92 Å². The molecule has 0 radical (unpaired) electrons. The highest BCUT2D eigenvalue weighted by atomic mass is 16.2. The maximum Gasteiger partial charge on any atom is 0.274 e. The van der Waals surface area contributed by atoms with E-state index < -0.39 is 0 Å². The number of piperidine rings is 1. The van der Waals surface area contributed by atoms with Gasteiger partial charge >= 0.3 is 0 Å². The molecule has 7 nitrogen and oxygen atoms in total. The van der Waals surface area contributed by atoms with Gasteiger partial charge in [0.2, 0.25) is 5.91 Å². The van der Waals surface area contributed by atoms with E-state index in [1.165, 1.54) is 0 Å². The molecule has 5 rings (SSSR count). The number of aryl methyl sites for hydroxylation is 2. The summed E-state index contributed by atoms with van der Waals surface area (Å²) in [4.78, 5) is 34.1. The van der Waals surface area contributed by atoms with Crippen molar-refractivity contribution in [3.05, 3.63) is 47.5 Å². The number of pyridine rings is 1. The Morgan fingerprint density at radius 1 is 1.26 bits per heavy atom. The SMILES string of the molecule is CCn1nc(C(=O)N2C[C@H]3CC[C@@H](C2)N(Cc2ccccn2)C3=O)cc1C. The molecule has 5 heterocycles. The molecule has 0 aliphatic carbocycles. The summed E-state index contributed by atoms with van der Waals surface area (Å²) >= 11 is 0. The fourth-order valence-electron chi connectivity index (χ4n) is 4.18. The molecule has 2 aromatic heterocycles. The van der Waals surface area contributed by atoms with Gasteiger partial charge in [-0.3, -0.25) is 19.3 Å². The number of amides is 2. The van der Waals surface area contributed by atoms with E-state index in [4.69, 9.17) is 0 Å². The van der Waals surface area contributed by atoms with Gasteiger partial charge in [-0.25, -0.2) is 0 Å². The van der Waals surface area contributed by atoms with Crippen LogP contribution >= 0.6 is 0 Å². The summed E-state index contributed by atoms with van der Waals surface area (Å²) < 4.78 is 1.83. The number of aromatic nitrogens is 3. The van der Waals surface area contributed by atoms with Crippen LogP contribution in [0.5, 0.6) is 0 Å². The summed E-state index contributed by atoms with van der Waals surface area (Å²) in [7, 11) is 0. The molecule has 3 saturated heterocycles. The molecule has 3 aliphatic heterocycles. The number of rotatable bonds is 4. The molecule has 0 saturated carbocycles. The first-order chi connectivity index (χ1) is 13.1. The van der Waals surface area contributed by atoms with E-state index >= 15 is 0 Å². The number of hydrogen-bond donors (Lipinski definition) is 0. The van der Waals surface area contributed by atoms with Gasteiger partial charge in [-0.2, -0.15) is 5.10 Å². The lowest BCUT2D eigenvalue weighted by Crippen LogP contribution is -2.47. The predicted octanol–water partition coefficient (Wildman–Crippen LogP) is 1.87. The van der Waals surface area contributed by atoms with Crippen molar-refractivity contribution in [3.8, 4) is 0 Å². The molecule has 2 bridgehead atoms. The number of carbonyl (C=O) groups is 2. The molecule has 3 aliphatic rings. The third kappa shape index (κ3) is 3.34. The lowest BCUT2D eigenvalue weighted by Gasteiger charge is -2.35. The number of carbonyl (C=O) groups excluding carboxylic acids is 2. The average Bonchev–Trinajstić information content (AvgIpc) is 2.86. The van der Waals surface area contributed by atoms with Gasteiger partial charge in [0.05, 0.1) is 18.2 Å². The van der Waals surface area contributed by atoms with Gasteiger partial charge in [0.25, 0.3) is 5.91 Å². The summed E-state index contributed by atoms with van der Waals surface area (Å²) in [6, 6.07) is 7.63. The summed E-state index contributed by atoms with van der Waals surface area (Å²) in [5.41, 5.74) is 2.33. The first-order valence-corrected chi connectivity index (χ1v) is 9.61. The van der Waals surface area contributed by atoms with Crippen LogP contribution in [0.25, 0.3) is 0 Å². The minimum atomic E-state index is -0.134. The lowest BCUT2D eigenvalue weighted by molar-refractivity contribution is -0.140. The topological polar surface area (TPSA) is 71.3 Å². The summed E-state index contributed by atoms with van der Waals surface area (Å²) in [5, 5.41) is 4.43. The van der Waals surface area contributed by atoms with Crippen LogP contribution in [0.15, 0.2) is 30.5 Å². The van der Waals surface area contributed by atoms with Gasteiger partial charge in [-0.05, 0) is 44.9 Å². The molecule has 0 N–H and O–H groups in total. The van der Waals surface area contributed by atoms with Crippen LogP contribution in [0.1, 0.15) is 41.6 Å². The normalized spacial score (nSPS) is 22.2. The van der Waals surface area contributed by atoms with Gasteiger partial charge in [0.1, 0.15) is 0 Å². The van der Waals surface area contributed by atoms with Crippen molar-refractivity contribution >= 4 is 11.8 Å². The Morgan fingerprint density at radius 3 is 2.81 bits per heavy atom. The maximum atomic E-state index is 13.0. The molecular weight excluding hydrogens is 342 g/mol. The minimum Gasteiger partial charge on any atom is -0.334 e. The van der Waals surface area contributed by atoms with Crippen LogP contribution in [0.4, 0.5) is 0 Å². The lowest BCUT2D eigenvalue weighted by atomic mass is 9.94. The molecule has 2 aromatic rings. The van der Waals surface area contributed by atoms with Crippen molar-refractivity contribution in [3.63, 3.8) is 0 Å². The fraction of sp³-hybridized carbons (Fsp3) is 0.500. The van der Waals surface area contributed by atoms with Crippen molar-refractivity contribution in [2.75, 3.05) is 13.1 Å². The summed E-state index contributed by atoms with van der Waals surface area (Å²) in [5.74, 6) is -0.0667. The quantitative estimate of drug-likeness (QED) is 0.827. The smallest absolute Gasteiger partial charge is 0.274 e. The Morgan fingerprint density at radius 2 is 2.11 bits per heavy atom. The molecular formula is C20H25N5O2. The van der Waals surface area contributed by atoms with Crippen LogP contribution in [-0.4, -0.2) is 55.5 Å². The van der Waals surface area contributed by atoms with E-state index in [0.717, 1.165) is 30.8 Å². The zero-order valence-electron chi connectivity index (χ0n) is 15.8. The Labute approximate surface area is 159 Å². The van der Waals surface area contributed by atoms with E-state index in [-0.39, 0.29) is 23.8 Å². The Kier molecular flexibility index (Phi) is 4.68. The highest BCUT2D eigenvalue weighted by Crippen LogP contribution is 2.30. The largest absolute Gasteiger partial charge is 0.334 e. The van der Waals surface area contributed by atoms with E-state index in [2.05, 4.69) is 10.1 Å². The van der Waals surface area contributed by atoms with Gasteiger partial charge in [0.15, 0.2) is 5.69 Å². The standard InChI is InChI=1S/C20H25N5O2/c1-3-25-14(2)10-18(22-25)20(27)23-11-15-7-8-17(13-23)24(19(15)26)12-16-6-4-5-9-21-16/h4-6,9-10,15,17H,3,7-8,11-13H2,1-2H3/t15-,17+/m1/s1. The summed E-state index contributed by atoms with van der Waals surface area (Å²) in [6.07, 6.45) is 3.52. The molecule has 3 fully saturated rings. The third-order valence-corrected chi connectivity index (χ3v) is 5.64. The second-order valence-corrected chi connectivity index (χ2v) is 7.41. The van der Waals surface area contributed by atoms with Crippen LogP contribution < -0.4 is 0 Å². The van der Waals surface area contributed by atoms with Crippen molar-refractivity contribution in [1.82, 2.24) is 24.6 Å². The maximum absolute atomic E-state index is 13.0. The molecule has 0 aromatic carbocycles. The van der Waals surface area contributed by atoms with Gasteiger partial charge in [-0.1, -0.05) is 6.07 Å². The highest BCUT2D eigenvalue weighted by Gasteiger charge is 2.42. The molecule has 0 unspecified atom stereocenters. The fourth-order valence-corrected chi connectivity index (χ4v) is 4.18. The Balaban J connectivity index is 1.55. The second kappa shape index (κ2) is 7.13. The van der Waals surface area contributed by atoms with Crippen molar-refractivity contribution in [2.45, 2.75) is 45.8 Å². The highest BCUT2D eigenvalue weighted by molar-refractivity contribution is 5.93. The predicted molar refractivity (Wildman–Crippen MR) is 99.8 cm³/mol.